The van der Waals surface area contributed by atoms with Gasteiger partial charge in [-0.05, 0) is 18.2 Å². The van der Waals surface area contributed by atoms with Crippen molar-refractivity contribution in [2.75, 3.05) is 32.7 Å². The number of rotatable bonds is 7. The third kappa shape index (κ3) is 3.81. The van der Waals surface area contributed by atoms with E-state index in [4.69, 9.17) is 9.47 Å². The zero-order valence-electron chi connectivity index (χ0n) is 11.8. The van der Waals surface area contributed by atoms with E-state index in [1.807, 2.05) is 0 Å². The van der Waals surface area contributed by atoms with Gasteiger partial charge >= 0.3 is 5.97 Å². The van der Waals surface area contributed by atoms with Crippen LogP contribution in [-0.4, -0.2) is 45.4 Å². The summed E-state index contributed by atoms with van der Waals surface area (Å²) in [4.78, 5) is 11.5. The number of alkyl halides is 2. The number of carbonyl (C=O) groups is 1. The second-order valence-corrected chi connectivity index (χ2v) is 4.66. The highest BCUT2D eigenvalue weighted by molar-refractivity contribution is 5.91. The number of ether oxygens (including phenoxy) is 3. The van der Waals surface area contributed by atoms with Crippen LogP contribution in [0.15, 0.2) is 18.2 Å². The van der Waals surface area contributed by atoms with Crippen molar-refractivity contribution in [1.29, 1.82) is 0 Å². The summed E-state index contributed by atoms with van der Waals surface area (Å²) in [6, 6.07) is 4.79. The van der Waals surface area contributed by atoms with Crippen molar-refractivity contribution in [3.63, 3.8) is 0 Å². The van der Waals surface area contributed by atoms with Crippen LogP contribution in [0.1, 0.15) is 16.8 Å². The fourth-order valence-corrected chi connectivity index (χ4v) is 1.85. The minimum Gasteiger partial charge on any atom is -0.495 e. The van der Waals surface area contributed by atoms with Crippen molar-refractivity contribution < 1.29 is 27.8 Å². The summed E-state index contributed by atoms with van der Waals surface area (Å²) in [5.41, 5.74) is 0.946. The molecule has 0 heterocycles. The molecule has 7 heteroatoms. The number of benzene rings is 1. The minimum atomic E-state index is -2.68. The normalized spacial score (nSPS) is 19.0. The highest BCUT2D eigenvalue weighted by Crippen LogP contribution is 2.44. The second-order valence-electron chi connectivity index (χ2n) is 4.66. The molecule has 1 fully saturated rings. The van der Waals surface area contributed by atoms with Gasteiger partial charge in [-0.3, -0.25) is 0 Å². The standard InChI is InChI=1S/C14H17F2NO4/c1-19-11-4-3-9(13(18)20-2)7-10(11)17-5-6-21-12-8-14(12,15)16/h3-4,7,12,17H,5-6,8H2,1-2H3. The Kier molecular flexibility index (Phi) is 4.62. The largest absolute Gasteiger partial charge is 0.495 e. The van der Waals surface area contributed by atoms with Crippen LogP contribution in [0.4, 0.5) is 14.5 Å². The van der Waals surface area contributed by atoms with E-state index in [2.05, 4.69) is 10.1 Å². The molecule has 21 heavy (non-hydrogen) atoms. The Morgan fingerprint density at radius 3 is 2.71 bits per heavy atom. The van der Waals surface area contributed by atoms with Crippen LogP contribution >= 0.6 is 0 Å². The molecular weight excluding hydrogens is 284 g/mol. The van der Waals surface area contributed by atoms with Gasteiger partial charge in [0, 0.05) is 13.0 Å². The Labute approximate surface area is 121 Å². The van der Waals surface area contributed by atoms with Crippen molar-refractivity contribution in [2.24, 2.45) is 0 Å². The van der Waals surface area contributed by atoms with Crippen LogP contribution in [-0.2, 0) is 9.47 Å². The van der Waals surface area contributed by atoms with Crippen molar-refractivity contribution in [1.82, 2.24) is 0 Å². The summed E-state index contributed by atoms with van der Waals surface area (Å²) >= 11 is 0. The molecule has 0 saturated heterocycles. The number of hydrogen-bond acceptors (Lipinski definition) is 5. The number of anilines is 1. The summed E-state index contributed by atoms with van der Waals surface area (Å²) in [6.45, 7) is 0.472. The Hall–Kier alpha value is -1.89. The molecule has 1 aliphatic carbocycles. The number of methoxy groups -OCH3 is 2. The quantitative estimate of drug-likeness (QED) is 0.619. The number of carbonyl (C=O) groups excluding carboxylic acids is 1. The lowest BCUT2D eigenvalue weighted by Crippen LogP contribution is -2.14. The van der Waals surface area contributed by atoms with E-state index in [0.29, 0.717) is 23.5 Å². The molecule has 1 N–H and O–H groups in total. The van der Waals surface area contributed by atoms with Crippen molar-refractivity contribution >= 4 is 11.7 Å². The Balaban J connectivity index is 1.89. The van der Waals surface area contributed by atoms with E-state index in [1.165, 1.54) is 14.2 Å². The Morgan fingerprint density at radius 1 is 1.43 bits per heavy atom. The topological polar surface area (TPSA) is 56.8 Å². The Bertz CT molecular complexity index is 522. The van der Waals surface area contributed by atoms with Gasteiger partial charge in [0.25, 0.3) is 5.92 Å². The molecule has 0 amide bonds. The molecule has 5 nitrogen and oxygen atoms in total. The summed E-state index contributed by atoms with van der Waals surface area (Å²) in [5, 5.41) is 2.99. The summed E-state index contributed by atoms with van der Waals surface area (Å²) < 4.78 is 40.1. The first kappa shape index (κ1) is 15.5. The van der Waals surface area contributed by atoms with Gasteiger partial charge in [0.15, 0.2) is 0 Å². The molecule has 1 saturated carbocycles. The fourth-order valence-electron chi connectivity index (χ4n) is 1.85. The summed E-state index contributed by atoms with van der Waals surface area (Å²) in [6.07, 6.45) is -1.18. The van der Waals surface area contributed by atoms with E-state index < -0.39 is 18.0 Å². The van der Waals surface area contributed by atoms with Crippen molar-refractivity contribution in [3.05, 3.63) is 23.8 Å². The van der Waals surface area contributed by atoms with Gasteiger partial charge in [0.05, 0.1) is 32.1 Å². The van der Waals surface area contributed by atoms with Crippen LogP contribution in [0.25, 0.3) is 0 Å². The summed E-state index contributed by atoms with van der Waals surface area (Å²) in [5.74, 6) is -2.60. The molecule has 1 aromatic carbocycles. The number of halogens is 2. The first-order valence-electron chi connectivity index (χ1n) is 6.47. The minimum absolute atomic E-state index is 0.145. The number of esters is 1. The second kappa shape index (κ2) is 6.26. The van der Waals surface area contributed by atoms with E-state index in [0.717, 1.165) is 0 Å². The van der Waals surface area contributed by atoms with Gasteiger partial charge in [0.2, 0.25) is 0 Å². The van der Waals surface area contributed by atoms with Crippen LogP contribution in [0, 0.1) is 0 Å². The SMILES string of the molecule is COC(=O)c1ccc(OC)c(NCCOC2CC2(F)F)c1. The van der Waals surface area contributed by atoms with Gasteiger partial charge in [-0.2, -0.15) is 0 Å². The molecule has 1 aromatic rings. The lowest BCUT2D eigenvalue weighted by molar-refractivity contribution is 0.0169. The molecule has 2 rings (SSSR count). The van der Waals surface area contributed by atoms with Crippen LogP contribution < -0.4 is 10.1 Å². The smallest absolute Gasteiger partial charge is 0.337 e. The van der Waals surface area contributed by atoms with E-state index in [1.54, 1.807) is 18.2 Å². The van der Waals surface area contributed by atoms with Crippen molar-refractivity contribution in [3.8, 4) is 5.75 Å². The average molecular weight is 301 g/mol. The number of hydrogen-bond donors (Lipinski definition) is 1. The van der Waals surface area contributed by atoms with Gasteiger partial charge in [0.1, 0.15) is 11.9 Å². The van der Waals surface area contributed by atoms with Gasteiger partial charge < -0.3 is 19.5 Å². The number of nitrogens with one attached hydrogen (secondary N) is 1. The monoisotopic (exact) mass is 301 g/mol. The van der Waals surface area contributed by atoms with Gasteiger partial charge in [-0.1, -0.05) is 0 Å². The van der Waals surface area contributed by atoms with Crippen LogP contribution in [0.5, 0.6) is 5.75 Å². The first-order valence-corrected chi connectivity index (χ1v) is 6.47. The van der Waals surface area contributed by atoms with Crippen molar-refractivity contribution in [2.45, 2.75) is 18.4 Å². The molecule has 1 atom stereocenters. The highest BCUT2D eigenvalue weighted by Gasteiger charge is 2.58. The lowest BCUT2D eigenvalue weighted by atomic mass is 10.2. The van der Waals surface area contributed by atoms with Gasteiger partial charge in [-0.25, -0.2) is 13.6 Å². The molecular formula is C14H17F2NO4. The lowest BCUT2D eigenvalue weighted by Gasteiger charge is -2.12. The zero-order valence-corrected chi connectivity index (χ0v) is 11.8. The van der Waals surface area contributed by atoms with E-state index >= 15 is 0 Å². The fraction of sp³-hybridized carbons (Fsp3) is 0.500. The zero-order chi connectivity index (χ0) is 15.5. The van der Waals surface area contributed by atoms with Crippen LogP contribution in [0.3, 0.4) is 0 Å². The average Bonchev–Trinajstić information content (AvgIpc) is 3.09. The van der Waals surface area contributed by atoms with E-state index in [-0.39, 0.29) is 13.0 Å². The predicted molar refractivity (Wildman–Crippen MR) is 72.1 cm³/mol. The third-order valence-corrected chi connectivity index (χ3v) is 3.13. The third-order valence-electron chi connectivity index (χ3n) is 3.13. The maximum Gasteiger partial charge on any atom is 0.337 e. The molecule has 1 unspecified atom stereocenters. The molecule has 116 valence electrons. The predicted octanol–water partition coefficient (Wildman–Crippen LogP) is 2.32. The maximum absolute atomic E-state index is 12.6. The molecule has 0 aromatic heterocycles. The Morgan fingerprint density at radius 2 is 2.14 bits per heavy atom. The first-order chi connectivity index (χ1) is 9.97. The molecule has 0 aliphatic heterocycles. The summed E-state index contributed by atoms with van der Waals surface area (Å²) in [7, 11) is 2.79. The molecule has 0 bridgehead atoms. The van der Waals surface area contributed by atoms with Crippen LogP contribution in [0.2, 0.25) is 0 Å². The highest BCUT2D eigenvalue weighted by atomic mass is 19.3. The molecule has 0 radical (unpaired) electrons. The maximum atomic E-state index is 12.6. The molecule has 1 aliphatic rings. The molecule has 0 spiro atoms. The van der Waals surface area contributed by atoms with E-state index in [9.17, 15) is 13.6 Å². The van der Waals surface area contributed by atoms with Gasteiger partial charge in [-0.15, -0.1) is 0 Å².